The number of nitrogens with zero attached hydrogens (tertiary/aromatic N) is 2. The van der Waals surface area contributed by atoms with Gasteiger partial charge in [0.2, 0.25) is 5.82 Å². The number of hydrogen-bond acceptors (Lipinski definition) is 5. The van der Waals surface area contributed by atoms with Gasteiger partial charge in [0.05, 0.1) is 18.7 Å². The van der Waals surface area contributed by atoms with Gasteiger partial charge in [-0.25, -0.2) is 4.98 Å². The van der Waals surface area contributed by atoms with Crippen LogP contribution in [0.5, 0.6) is 5.75 Å². The lowest BCUT2D eigenvalue weighted by molar-refractivity contribution is 0.0848. The Labute approximate surface area is 167 Å². The summed E-state index contributed by atoms with van der Waals surface area (Å²) in [6.07, 6.45) is 3.67. The SMILES string of the molecule is COc1cccc(NC(=O)c2nc(C(=O)NCC3CCCO3)n3ccccc23)c1. The van der Waals surface area contributed by atoms with Crippen LogP contribution in [0.2, 0.25) is 0 Å². The molecular weight excluding hydrogens is 372 g/mol. The number of anilines is 1. The lowest BCUT2D eigenvalue weighted by atomic mass is 10.2. The number of carbonyl (C=O) groups excluding carboxylic acids is 2. The minimum absolute atomic E-state index is 0.0287. The number of rotatable bonds is 6. The van der Waals surface area contributed by atoms with Gasteiger partial charge >= 0.3 is 0 Å². The zero-order valence-corrected chi connectivity index (χ0v) is 16.1. The highest BCUT2D eigenvalue weighted by atomic mass is 16.5. The number of amides is 2. The summed E-state index contributed by atoms with van der Waals surface area (Å²) in [4.78, 5) is 29.9. The Morgan fingerprint density at radius 3 is 2.93 bits per heavy atom. The lowest BCUT2D eigenvalue weighted by Gasteiger charge is -2.10. The Morgan fingerprint density at radius 2 is 2.14 bits per heavy atom. The van der Waals surface area contributed by atoms with E-state index in [1.54, 1.807) is 60.2 Å². The number of pyridine rings is 1. The average molecular weight is 394 g/mol. The summed E-state index contributed by atoms with van der Waals surface area (Å²) in [6, 6.07) is 12.4. The Bertz CT molecular complexity index is 1040. The number of methoxy groups -OCH3 is 1. The molecule has 0 radical (unpaired) electrons. The Morgan fingerprint density at radius 1 is 1.24 bits per heavy atom. The van der Waals surface area contributed by atoms with E-state index in [4.69, 9.17) is 9.47 Å². The van der Waals surface area contributed by atoms with Gasteiger partial charge in [-0.2, -0.15) is 0 Å². The molecule has 1 aliphatic rings. The summed E-state index contributed by atoms with van der Waals surface area (Å²) in [5.41, 5.74) is 1.31. The third-order valence-corrected chi connectivity index (χ3v) is 4.81. The fourth-order valence-corrected chi connectivity index (χ4v) is 3.35. The van der Waals surface area contributed by atoms with Crippen LogP contribution in [0.4, 0.5) is 5.69 Å². The monoisotopic (exact) mass is 394 g/mol. The smallest absolute Gasteiger partial charge is 0.287 e. The topological polar surface area (TPSA) is 94.0 Å². The van der Waals surface area contributed by atoms with Crippen LogP contribution < -0.4 is 15.4 Å². The fourth-order valence-electron chi connectivity index (χ4n) is 3.35. The van der Waals surface area contributed by atoms with Gasteiger partial charge in [0, 0.05) is 31.1 Å². The van der Waals surface area contributed by atoms with Crippen LogP contribution in [0.15, 0.2) is 48.7 Å². The molecule has 2 aromatic heterocycles. The maximum atomic E-state index is 12.9. The average Bonchev–Trinajstić information content (AvgIpc) is 3.40. The summed E-state index contributed by atoms with van der Waals surface area (Å²) in [5, 5.41) is 5.66. The highest BCUT2D eigenvalue weighted by Crippen LogP contribution is 2.19. The van der Waals surface area contributed by atoms with E-state index in [2.05, 4.69) is 15.6 Å². The summed E-state index contributed by atoms with van der Waals surface area (Å²) >= 11 is 0. The van der Waals surface area contributed by atoms with E-state index >= 15 is 0 Å². The van der Waals surface area contributed by atoms with Crippen molar-refractivity contribution in [1.82, 2.24) is 14.7 Å². The standard InChI is InChI=1S/C21H22N4O4/c1-28-15-7-4-6-14(12-15)23-20(26)18-17-9-2-3-10-25(17)19(24-18)21(27)22-13-16-8-5-11-29-16/h2-4,6-7,9-10,12,16H,5,8,11,13H2,1H3,(H,22,27)(H,23,26). The number of imidazole rings is 1. The minimum Gasteiger partial charge on any atom is -0.497 e. The van der Waals surface area contributed by atoms with Crippen LogP contribution in [0.25, 0.3) is 5.52 Å². The van der Waals surface area contributed by atoms with Crippen molar-refractivity contribution in [2.24, 2.45) is 0 Å². The molecule has 2 N–H and O–H groups in total. The summed E-state index contributed by atoms with van der Waals surface area (Å²) in [6.45, 7) is 1.15. The number of carbonyl (C=O) groups is 2. The molecule has 150 valence electrons. The van der Waals surface area contributed by atoms with Crippen molar-refractivity contribution >= 4 is 23.0 Å². The van der Waals surface area contributed by atoms with Gasteiger partial charge in [-0.3, -0.25) is 14.0 Å². The second-order valence-corrected chi connectivity index (χ2v) is 6.77. The number of aromatic nitrogens is 2. The summed E-state index contributed by atoms with van der Waals surface area (Å²) < 4.78 is 12.3. The van der Waals surface area contributed by atoms with E-state index < -0.39 is 5.91 Å². The van der Waals surface area contributed by atoms with Crippen LogP contribution in [0, 0.1) is 0 Å². The molecule has 4 rings (SSSR count). The predicted octanol–water partition coefficient (Wildman–Crippen LogP) is 2.50. The van der Waals surface area contributed by atoms with E-state index in [0.29, 0.717) is 23.5 Å². The minimum atomic E-state index is -0.403. The van der Waals surface area contributed by atoms with Gasteiger partial charge in [0.25, 0.3) is 11.8 Å². The molecule has 1 aromatic carbocycles. The van der Waals surface area contributed by atoms with Gasteiger partial charge in [-0.15, -0.1) is 0 Å². The first-order chi connectivity index (χ1) is 14.2. The molecule has 0 aliphatic carbocycles. The van der Waals surface area contributed by atoms with Crippen LogP contribution in [0.3, 0.4) is 0 Å². The summed E-state index contributed by atoms with van der Waals surface area (Å²) in [5.74, 6) is 0.0448. The van der Waals surface area contributed by atoms with Crippen molar-refractivity contribution in [3.8, 4) is 5.75 Å². The molecule has 3 heterocycles. The van der Waals surface area contributed by atoms with Gasteiger partial charge in [0.15, 0.2) is 5.69 Å². The normalized spacial score (nSPS) is 16.0. The van der Waals surface area contributed by atoms with Gasteiger partial charge < -0.3 is 20.1 Å². The third-order valence-electron chi connectivity index (χ3n) is 4.81. The van der Waals surface area contributed by atoms with Crippen molar-refractivity contribution in [3.05, 3.63) is 60.2 Å². The molecule has 1 atom stereocenters. The molecule has 8 heteroatoms. The van der Waals surface area contributed by atoms with Crippen LogP contribution >= 0.6 is 0 Å². The number of nitrogens with one attached hydrogen (secondary N) is 2. The van der Waals surface area contributed by atoms with Crippen LogP contribution in [-0.2, 0) is 4.74 Å². The molecule has 8 nitrogen and oxygen atoms in total. The summed E-state index contributed by atoms with van der Waals surface area (Å²) in [7, 11) is 1.56. The number of ether oxygens (including phenoxy) is 2. The quantitative estimate of drug-likeness (QED) is 0.670. The lowest BCUT2D eigenvalue weighted by Crippen LogP contribution is -2.33. The molecule has 29 heavy (non-hydrogen) atoms. The Kier molecular flexibility index (Phi) is 5.44. The van der Waals surface area contributed by atoms with Gasteiger partial charge in [-0.05, 0) is 37.1 Å². The van der Waals surface area contributed by atoms with E-state index in [1.807, 2.05) is 0 Å². The molecule has 1 unspecified atom stereocenters. The molecule has 1 fully saturated rings. The van der Waals surface area contributed by atoms with Crippen molar-refractivity contribution < 1.29 is 19.1 Å². The maximum absolute atomic E-state index is 12.9. The Hall–Kier alpha value is -3.39. The van der Waals surface area contributed by atoms with Crippen molar-refractivity contribution in [1.29, 1.82) is 0 Å². The van der Waals surface area contributed by atoms with E-state index in [1.165, 1.54) is 0 Å². The molecule has 1 aliphatic heterocycles. The highest BCUT2D eigenvalue weighted by molar-refractivity contribution is 6.09. The van der Waals surface area contributed by atoms with Crippen molar-refractivity contribution in [3.63, 3.8) is 0 Å². The van der Waals surface area contributed by atoms with E-state index in [-0.39, 0.29) is 23.5 Å². The van der Waals surface area contributed by atoms with Crippen molar-refractivity contribution in [2.75, 3.05) is 25.6 Å². The molecule has 0 spiro atoms. The van der Waals surface area contributed by atoms with E-state index in [9.17, 15) is 9.59 Å². The number of benzene rings is 1. The largest absolute Gasteiger partial charge is 0.497 e. The number of fused-ring (bicyclic) bond motifs is 1. The molecule has 3 aromatic rings. The number of hydrogen-bond donors (Lipinski definition) is 2. The zero-order chi connectivity index (χ0) is 20.2. The van der Waals surface area contributed by atoms with Gasteiger partial charge in [0.1, 0.15) is 5.75 Å². The third kappa shape index (κ3) is 4.07. The van der Waals surface area contributed by atoms with Gasteiger partial charge in [-0.1, -0.05) is 12.1 Å². The van der Waals surface area contributed by atoms with Crippen LogP contribution in [0.1, 0.15) is 33.9 Å². The maximum Gasteiger partial charge on any atom is 0.287 e. The van der Waals surface area contributed by atoms with Crippen LogP contribution in [-0.4, -0.2) is 47.6 Å². The zero-order valence-electron chi connectivity index (χ0n) is 16.1. The first-order valence-corrected chi connectivity index (χ1v) is 9.48. The second-order valence-electron chi connectivity index (χ2n) is 6.77. The molecular formula is C21H22N4O4. The predicted molar refractivity (Wildman–Crippen MR) is 107 cm³/mol. The molecule has 1 saturated heterocycles. The highest BCUT2D eigenvalue weighted by Gasteiger charge is 2.23. The Balaban J connectivity index is 1.57. The second kappa shape index (κ2) is 8.32. The molecule has 0 saturated carbocycles. The molecule has 2 amide bonds. The van der Waals surface area contributed by atoms with Crippen molar-refractivity contribution in [2.45, 2.75) is 18.9 Å². The first-order valence-electron chi connectivity index (χ1n) is 9.48. The fraction of sp³-hybridized carbons (Fsp3) is 0.286. The first kappa shape index (κ1) is 18.9. The molecule has 0 bridgehead atoms. The van der Waals surface area contributed by atoms with E-state index in [0.717, 1.165) is 19.4 Å².